The first-order chi connectivity index (χ1) is 6.91. The Morgan fingerprint density at radius 3 is 2.13 bits per heavy atom. The Hall–Kier alpha value is -1.26. The molecule has 1 atom stereocenters. The van der Waals surface area contributed by atoms with Crippen LogP contribution in [0.15, 0.2) is 0 Å². The molecule has 1 heterocycles. The van der Waals surface area contributed by atoms with Gasteiger partial charge in [-0.25, -0.2) is 9.59 Å². The Morgan fingerprint density at radius 2 is 1.67 bits per heavy atom. The summed E-state index contributed by atoms with van der Waals surface area (Å²) in [5.74, 6) is -0.356. The van der Waals surface area contributed by atoms with Crippen LogP contribution in [0.4, 0.5) is 4.79 Å². The van der Waals surface area contributed by atoms with E-state index in [1.165, 1.54) is 4.90 Å². The number of hydrogen-bond acceptors (Lipinski definition) is 4. The quantitative estimate of drug-likeness (QED) is 0.523. The summed E-state index contributed by atoms with van der Waals surface area (Å²) in [7, 11) is 0. The van der Waals surface area contributed by atoms with Gasteiger partial charge in [-0.15, -0.1) is 0 Å². The summed E-state index contributed by atoms with van der Waals surface area (Å²) in [4.78, 5) is 24.0. The Morgan fingerprint density at radius 1 is 1.13 bits per heavy atom. The van der Waals surface area contributed by atoms with E-state index in [2.05, 4.69) is 0 Å². The van der Waals surface area contributed by atoms with E-state index in [-0.39, 0.29) is 18.2 Å². The Bertz CT molecular complexity index is 236. The molecule has 0 aromatic carbocycles. The van der Waals surface area contributed by atoms with Gasteiger partial charge in [-0.3, -0.25) is 4.90 Å². The molecule has 15 heavy (non-hydrogen) atoms. The van der Waals surface area contributed by atoms with Gasteiger partial charge in [0.25, 0.3) is 0 Å². The minimum absolute atomic E-state index is 0.152. The molecule has 1 amide bonds. The zero-order chi connectivity index (χ0) is 11.6. The minimum Gasteiger partial charge on any atom is -0.461 e. The second-order valence-electron chi connectivity index (χ2n) is 4.09. The fraction of sp³-hybridized carbons (Fsp3) is 0.800. The predicted molar refractivity (Wildman–Crippen MR) is 53.3 cm³/mol. The van der Waals surface area contributed by atoms with E-state index in [4.69, 9.17) is 9.47 Å². The van der Waals surface area contributed by atoms with E-state index < -0.39 is 12.1 Å². The summed E-state index contributed by atoms with van der Waals surface area (Å²) in [6.07, 6.45) is -0.767. The largest absolute Gasteiger partial charge is 0.461 e. The fourth-order valence-electron chi connectivity index (χ4n) is 1.12. The third-order valence-corrected chi connectivity index (χ3v) is 1.81. The summed E-state index contributed by atoms with van der Waals surface area (Å²) in [6.45, 7) is 7.48. The highest BCUT2D eigenvalue weighted by molar-refractivity contribution is 5.86. The molecule has 1 aliphatic heterocycles. The van der Waals surface area contributed by atoms with Crippen LogP contribution in [0.3, 0.4) is 0 Å². The zero-order valence-corrected chi connectivity index (χ0v) is 9.52. The van der Waals surface area contributed by atoms with E-state index in [1.54, 1.807) is 27.7 Å². The van der Waals surface area contributed by atoms with E-state index in [0.29, 0.717) is 6.54 Å². The van der Waals surface area contributed by atoms with Gasteiger partial charge < -0.3 is 9.47 Å². The molecule has 0 saturated carbocycles. The first kappa shape index (κ1) is 11.8. The highest BCUT2D eigenvalue weighted by Crippen LogP contribution is 2.21. The van der Waals surface area contributed by atoms with Crippen molar-refractivity contribution in [1.82, 2.24) is 4.90 Å². The number of hydrogen-bond donors (Lipinski definition) is 0. The van der Waals surface area contributed by atoms with Crippen molar-refractivity contribution < 1.29 is 19.1 Å². The maximum absolute atomic E-state index is 11.3. The molecule has 1 fully saturated rings. The average Bonchev–Trinajstić information content (AvgIpc) is 2.79. The van der Waals surface area contributed by atoms with Crippen molar-refractivity contribution in [1.29, 1.82) is 0 Å². The molecule has 86 valence electrons. The Kier molecular flexibility index (Phi) is 3.55. The Balaban J connectivity index is 2.33. The van der Waals surface area contributed by atoms with Crippen molar-refractivity contribution in [3.8, 4) is 0 Å². The normalized spacial score (nSPS) is 19.3. The highest BCUT2D eigenvalue weighted by atomic mass is 16.6. The lowest BCUT2D eigenvalue weighted by Gasteiger charge is -2.10. The Labute approximate surface area is 89.3 Å². The van der Waals surface area contributed by atoms with E-state index in [0.717, 1.165) is 0 Å². The second-order valence-corrected chi connectivity index (χ2v) is 4.09. The molecule has 0 unspecified atom stereocenters. The third-order valence-electron chi connectivity index (χ3n) is 1.81. The summed E-state index contributed by atoms with van der Waals surface area (Å²) in [6, 6.07) is -0.446. The van der Waals surface area contributed by atoms with Crippen molar-refractivity contribution in [2.75, 3.05) is 6.54 Å². The van der Waals surface area contributed by atoms with Crippen LogP contribution >= 0.6 is 0 Å². The third kappa shape index (κ3) is 3.42. The zero-order valence-electron chi connectivity index (χ0n) is 9.52. The van der Waals surface area contributed by atoms with Crippen LogP contribution in [0.2, 0.25) is 0 Å². The number of esters is 1. The molecule has 5 nitrogen and oxygen atoms in total. The van der Waals surface area contributed by atoms with Gasteiger partial charge in [0, 0.05) is 0 Å². The van der Waals surface area contributed by atoms with Crippen molar-refractivity contribution in [3.63, 3.8) is 0 Å². The lowest BCUT2D eigenvalue weighted by molar-refractivity contribution is -0.147. The highest BCUT2D eigenvalue weighted by Gasteiger charge is 2.47. The molecule has 0 radical (unpaired) electrons. The van der Waals surface area contributed by atoms with Gasteiger partial charge in [-0.1, -0.05) is 0 Å². The molecule has 0 aliphatic carbocycles. The number of amides is 1. The van der Waals surface area contributed by atoms with E-state index in [1.807, 2.05) is 0 Å². The topological polar surface area (TPSA) is 55.6 Å². The predicted octanol–water partition coefficient (Wildman–Crippen LogP) is 1.17. The molecule has 5 heteroatoms. The molecule has 0 N–H and O–H groups in total. The van der Waals surface area contributed by atoms with Crippen molar-refractivity contribution >= 4 is 12.1 Å². The van der Waals surface area contributed by atoms with Gasteiger partial charge in [0.1, 0.15) is 0 Å². The molecule has 1 saturated heterocycles. The van der Waals surface area contributed by atoms with Gasteiger partial charge in [0.15, 0.2) is 6.04 Å². The number of carbonyl (C=O) groups excluding carboxylic acids is 2. The first-order valence-electron chi connectivity index (χ1n) is 5.09. The maximum atomic E-state index is 11.3. The standard InChI is InChI=1S/C10H17NO4/c1-6(2)14-9(12)8-5-11(8)10(13)15-7(3)4/h6-8H,5H2,1-4H3/t8-,11?/m0/s1. The van der Waals surface area contributed by atoms with Gasteiger partial charge in [-0.2, -0.15) is 0 Å². The van der Waals surface area contributed by atoms with Crippen molar-refractivity contribution in [2.45, 2.75) is 45.9 Å². The first-order valence-corrected chi connectivity index (χ1v) is 5.09. The fourth-order valence-corrected chi connectivity index (χ4v) is 1.12. The molecule has 0 spiro atoms. The molecule has 0 aromatic heterocycles. The lowest BCUT2D eigenvalue weighted by Crippen LogP contribution is -2.25. The monoisotopic (exact) mass is 215 g/mol. The minimum atomic E-state index is -0.448. The number of rotatable bonds is 3. The van der Waals surface area contributed by atoms with Crippen LogP contribution in [0.25, 0.3) is 0 Å². The number of ether oxygens (including phenoxy) is 2. The molecule has 1 aliphatic rings. The van der Waals surface area contributed by atoms with E-state index >= 15 is 0 Å². The summed E-state index contributed by atoms with van der Waals surface area (Å²) in [5, 5.41) is 0. The molecular weight excluding hydrogens is 198 g/mol. The van der Waals surface area contributed by atoms with Gasteiger partial charge in [0.2, 0.25) is 0 Å². The van der Waals surface area contributed by atoms with Crippen LogP contribution < -0.4 is 0 Å². The smallest absolute Gasteiger partial charge is 0.410 e. The van der Waals surface area contributed by atoms with Crippen LogP contribution in [-0.2, 0) is 14.3 Å². The van der Waals surface area contributed by atoms with Crippen LogP contribution in [0.5, 0.6) is 0 Å². The molecular formula is C10H17NO4. The maximum Gasteiger partial charge on any atom is 0.410 e. The van der Waals surface area contributed by atoms with Crippen LogP contribution in [-0.4, -0.2) is 41.8 Å². The molecule has 1 rings (SSSR count). The van der Waals surface area contributed by atoms with Crippen LogP contribution in [0, 0.1) is 0 Å². The summed E-state index contributed by atoms with van der Waals surface area (Å²) < 4.78 is 9.91. The van der Waals surface area contributed by atoms with Gasteiger partial charge >= 0.3 is 12.1 Å². The summed E-state index contributed by atoms with van der Waals surface area (Å²) >= 11 is 0. The number of carbonyl (C=O) groups is 2. The van der Waals surface area contributed by atoms with Crippen molar-refractivity contribution in [3.05, 3.63) is 0 Å². The van der Waals surface area contributed by atoms with E-state index in [9.17, 15) is 9.59 Å². The van der Waals surface area contributed by atoms with Crippen molar-refractivity contribution in [2.24, 2.45) is 0 Å². The lowest BCUT2D eigenvalue weighted by atomic mass is 10.4. The van der Waals surface area contributed by atoms with Gasteiger partial charge in [-0.05, 0) is 27.7 Å². The summed E-state index contributed by atoms with van der Waals surface area (Å²) in [5.41, 5.74) is 0. The SMILES string of the molecule is CC(C)OC(=O)[C@@H]1CN1C(=O)OC(C)C. The average molecular weight is 215 g/mol. The molecule has 0 bridgehead atoms. The second kappa shape index (κ2) is 4.51. The van der Waals surface area contributed by atoms with Gasteiger partial charge in [0.05, 0.1) is 18.8 Å². The molecule has 0 aromatic rings. The van der Waals surface area contributed by atoms with Crippen LogP contribution in [0.1, 0.15) is 27.7 Å². The number of nitrogens with zero attached hydrogens (tertiary/aromatic N) is 1.